The van der Waals surface area contributed by atoms with Crippen LogP contribution < -0.4 is 4.74 Å². The Labute approximate surface area is 227 Å². The van der Waals surface area contributed by atoms with Gasteiger partial charge in [-0.25, -0.2) is 4.39 Å². The van der Waals surface area contributed by atoms with Crippen molar-refractivity contribution >= 4 is 5.97 Å². The first-order valence-electron chi connectivity index (χ1n) is 16.1. The second-order valence-electron chi connectivity index (χ2n) is 12.4. The van der Waals surface area contributed by atoms with Gasteiger partial charge in [0.05, 0.1) is 0 Å². The number of ether oxygens (including phenoxy) is 1. The lowest BCUT2D eigenvalue weighted by Crippen LogP contribution is -2.27. The topological polar surface area (TPSA) is 26.3 Å². The van der Waals surface area contributed by atoms with Crippen LogP contribution in [-0.4, -0.2) is 5.97 Å². The first-order chi connectivity index (χ1) is 18.1. The quantitative estimate of drug-likeness (QED) is 0.125. The highest BCUT2D eigenvalue weighted by molar-refractivity contribution is 5.72. The van der Waals surface area contributed by atoms with E-state index in [4.69, 9.17) is 4.74 Å². The minimum absolute atomic E-state index is 0.210. The average Bonchev–Trinajstić information content (AvgIpc) is 2.91. The molecule has 37 heavy (non-hydrogen) atoms. The smallest absolute Gasteiger partial charge is 0.311 e. The minimum Gasteiger partial charge on any atom is -0.426 e. The fourth-order valence-electron chi connectivity index (χ4n) is 7.05. The van der Waals surface area contributed by atoms with Crippen LogP contribution in [0.2, 0.25) is 0 Å². The van der Waals surface area contributed by atoms with Crippen LogP contribution in [0.3, 0.4) is 0 Å². The van der Waals surface area contributed by atoms with Gasteiger partial charge >= 0.3 is 5.97 Å². The molecule has 0 radical (unpaired) electrons. The van der Waals surface area contributed by atoms with Crippen LogP contribution in [-0.2, 0) is 11.2 Å². The molecular weight excluding hydrogens is 459 g/mol. The lowest BCUT2D eigenvalue weighted by Gasteiger charge is -2.38. The summed E-state index contributed by atoms with van der Waals surface area (Å²) in [4.78, 5) is 12.5. The molecule has 2 fully saturated rings. The number of esters is 1. The molecule has 1 aromatic carbocycles. The van der Waals surface area contributed by atoms with E-state index in [-0.39, 0.29) is 11.8 Å². The van der Waals surface area contributed by atoms with Gasteiger partial charge in [0.2, 0.25) is 0 Å². The first-order valence-corrected chi connectivity index (χ1v) is 16.1. The molecule has 0 aliphatic heterocycles. The number of hydrogen-bond donors (Lipinski definition) is 0. The molecule has 0 N–H and O–H groups in total. The zero-order valence-electron chi connectivity index (χ0n) is 24.1. The van der Waals surface area contributed by atoms with E-state index in [0.717, 1.165) is 49.0 Å². The van der Waals surface area contributed by atoms with Gasteiger partial charge in [-0.05, 0) is 73.8 Å². The highest BCUT2D eigenvalue weighted by Gasteiger charge is 2.31. The molecule has 2 saturated carbocycles. The molecule has 2 atom stereocenters. The fraction of sp³-hybridized carbons (Fsp3) is 0.794. The Bertz CT molecular complexity index is 767. The van der Waals surface area contributed by atoms with Crippen molar-refractivity contribution in [2.45, 2.75) is 149 Å². The molecule has 0 spiro atoms. The maximum absolute atomic E-state index is 14.5. The Kier molecular flexibility index (Phi) is 14.1. The summed E-state index contributed by atoms with van der Waals surface area (Å²) in [5.41, 5.74) is 0.735. The molecule has 3 heteroatoms. The number of carbonyl (C=O) groups is 1. The lowest BCUT2D eigenvalue weighted by atomic mass is 9.67. The Morgan fingerprint density at radius 2 is 1.54 bits per heavy atom. The predicted octanol–water partition coefficient (Wildman–Crippen LogP) is 10.6. The summed E-state index contributed by atoms with van der Waals surface area (Å²) < 4.78 is 20.1. The Morgan fingerprint density at radius 3 is 2.30 bits per heavy atom. The van der Waals surface area contributed by atoms with E-state index >= 15 is 0 Å². The molecule has 210 valence electrons. The van der Waals surface area contributed by atoms with Crippen molar-refractivity contribution < 1.29 is 13.9 Å². The third-order valence-electron chi connectivity index (χ3n) is 9.41. The molecule has 1 unspecified atom stereocenters. The zero-order chi connectivity index (χ0) is 26.3. The maximum atomic E-state index is 14.5. The number of rotatable bonds is 16. The summed E-state index contributed by atoms with van der Waals surface area (Å²) in [5.74, 6) is 3.30. The summed E-state index contributed by atoms with van der Waals surface area (Å²) >= 11 is 0. The van der Waals surface area contributed by atoms with E-state index in [1.54, 1.807) is 12.1 Å². The van der Waals surface area contributed by atoms with E-state index in [0.29, 0.717) is 18.1 Å². The summed E-state index contributed by atoms with van der Waals surface area (Å²) in [6.45, 7) is 4.52. The van der Waals surface area contributed by atoms with Crippen molar-refractivity contribution in [2.75, 3.05) is 0 Å². The van der Waals surface area contributed by atoms with Crippen molar-refractivity contribution in [2.24, 2.45) is 23.7 Å². The molecule has 0 amide bonds. The SMILES string of the molecule is CCCCCCCCc1ccc(OC(=O)CCC2CCC[C@H](C3CCC(CCCCC)CC3)C2)cc1F. The maximum Gasteiger partial charge on any atom is 0.311 e. The molecule has 0 saturated heterocycles. The van der Waals surface area contributed by atoms with Crippen molar-refractivity contribution in [1.82, 2.24) is 0 Å². The summed E-state index contributed by atoms with van der Waals surface area (Å²) in [5, 5.41) is 0. The van der Waals surface area contributed by atoms with E-state index < -0.39 is 0 Å². The van der Waals surface area contributed by atoms with Crippen LogP contribution >= 0.6 is 0 Å². The molecule has 2 aliphatic carbocycles. The van der Waals surface area contributed by atoms with Gasteiger partial charge in [0.1, 0.15) is 11.6 Å². The Morgan fingerprint density at radius 1 is 0.811 bits per heavy atom. The number of unbranched alkanes of at least 4 members (excludes halogenated alkanes) is 7. The molecule has 2 aliphatic rings. The second kappa shape index (κ2) is 17.3. The van der Waals surface area contributed by atoms with Crippen LogP contribution in [0.4, 0.5) is 4.39 Å². The number of halogens is 1. The third kappa shape index (κ3) is 11.1. The van der Waals surface area contributed by atoms with Gasteiger partial charge < -0.3 is 4.74 Å². The number of carbonyl (C=O) groups excluding carboxylic acids is 1. The minimum atomic E-state index is -0.242. The monoisotopic (exact) mass is 514 g/mol. The number of aryl methyl sites for hydroxylation is 1. The highest BCUT2D eigenvalue weighted by Crippen LogP contribution is 2.43. The standard InChI is InChI=1S/C34H55FO2/c1-3-5-7-8-9-11-15-30-22-23-32(26-33(30)35)37-34(36)24-19-28-14-12-16-31(25-28)29-20-17-27(18-21-29)13-10-6-4-2/h22-23,26-29,31H,3-21,24-25H2,1-2H3/t27?,28?,29?,31-/m0/s1. The number of hydrogen-bond acceptors (Lipinski definition) is 2. The van der Waals surface area contributed by atoms with Crippen molar-refractivity contribution in [1.29, 1.82) is 0 Å². The van der Waals surface area contributed by atoms with E-state index in [2.05, 4.69) is 13.8 Å². The van der Waals surface area contributed by atoms with E-state index in [1.165, 1.54) is 109 Å². The van der Waals surface area contributed by atoms with Crippen LogP contribution in [0, 0.1) is 29.5 Å². The molecule has 0 bridgehead atoms. The average molecular weight is 515 g/mol. The Balaban J connectivity index is 1.33. The fourth-order valence-corrected chi connectivity index (χ4v) is 7.05. The van der Waals surface area contributed by atoms with Crippen LogP contribution in [0.15, 0.2) is 18.2 Å². The van der Waals surface area contributed by atoms with Crippen molar-refractivity contribution in [3.05, 3.63) is 29.6 Å². The molecule has 1 aromatic rings. The zero-order valence-corrected chi connectivity index (χ0v) is 24.1. The molecular formula is C34H55FO2. The molecule has 0 aromatic heterocycles. The largest absolute Gasteiger partial charge is 0.426 e. The van der Waals surface area contributed by atoms with Gasteiger partial charge in [0.15, 0.2) is 0 Å². The van der Waals surface area contributed by atoms with E-state index in [9.17, 15) is 9.18 Å². The van der Waals surface area contributed by atoms with E-state index in [1.807, 2.05) is 0 Å². The van der Waals surface area contributed by atoms with Crippen LogP contribution in [0.5, 0.6) is 5.75 Å². The Hall–Kier alpha value is -1.38. The molecule has 0 heterocycles. The number of benzene rings is 1. The van der Waals surface area contributed by atoms with Gasteiger partial charge in [-0.15, -0.1) is 0 Å². The first kappa shape index (κ1) is 30.2. The normalized spacial score (nSPS) is 24.2. The summed E-state index contributed by atoms with van der Waals surface area (Å²) in [6, 6.07) is 4.97. The van der Waals surface area contributed by atoms with Crippen LogP contribution in [0.1, 0.15) is 148 Å². The van der Waals surface area contributed by atoms with Crippen LogP contribution in [0.25, 0.3) is 0 Å². The van der Waals surface area contributed by atoms with Gasteiger partial charge in [-0.2, -0.15) is 0 Å². The van der Waals surface area contributed by atoms with Gasteiger partial charge in [-0.3, -0.25) is 4.79 Å². The predicted molar refractivity (Wildman–Crippen MR) is 153 cm³/mol. The van der Waals surface area contributed by atoms with Crippen molar-refractivity contribution in [3.8, 4) is 5.75 Å². The second-order valence-corrected chi connectivity index (χ2v) is 12.4. The van der Waals surface area contributed by atoms with Crippen molar-refractivity contribution in [3.63, 3.8) is 0 Å². The van der Waals surface area contributed by atoms with Gasteiger partial charge in [-0.1, -0.05) is 110 Å². The lowest BCUT2D eigenvalue weighted by molar-refractivity contribution is -0.134. The molecule has 2 nitrogen and oxygen atoms in total. The third-order valence-corrected chi connectivity index (χ3v) is 9.41. The summed E-state index contributed by atoms with van der Waals surface area (Å²) in [7, 11) is 0. The van der Waals surface area contributed by atoms with Gasteiger partial charge in [0, 0.05) is 12.5 Å². The summed E-state index contributed by atoms with van der Waals surface area (Å²) in [6.07, 6.45) is 25.9. The highest BCUT2D eigenvalue weighted by atomic mass is 19.1. The molecule has 3 rings (SSSR count). The van der Waals surface area contributed by atoms with Gasteiger partial charge in [0.25, 0.3) is 0 Å².